The summed E-state index contributed by atoms with van der Waals surface area (Å²) in [5, 5.41) is 11.2. The summed E-state index contributed by atoms with van der Waals surface area (Å²) < 4.78 is 4.09. The maximum atomic E-state index is 4.40. The van der Waals surface area contributed by atoms with Crippen molar-refractivity contribution in [3.05, 3.63) is 36.0 Å². The zero-order chi connectivity index (χ0) is 14.7. The number of imidazole rings is 1. The smallest absolute Gasteiger partial charge is 0.145 e. The summed E-state index contributed by atoms with van der Waals surface area (Å²) in [4.78, 5) is 8.64. The predicted octanol–water partition coefficient (Wildman–Crippen LogP) is 2.81. The highest BCUT2D eigenvalue weighted by Crippen LogP contribution is 2.18. The van der Waals surface area contributed by atoms with E-state index in [9.17, 15) is 0 Å². The van der Waals surface area contributed by atoms with Gasteiger partial charge in [0, 0.05) is 43.0 Å². The van der Waals surface area contributed by atoms with Crippen LogP contribution in [-0.4, -0.2) is 29.5 Å². The first-order valence-corrected chi connectivity index (χ1v) is 7.93. The van der Waals surface area contributed by atoms with Gasteiger partial charge < -0.3 is 4.57 Å². The average molecular weight is 302 g/mol. The molecule has 0 bridgehead atoms. The van der Waals surface area contributed by atoms with E-state index in [4.69, 9.17) is 0 Å². The Morgan fingerprint density at radius 1 is 1.19 bits per heavy atom. The quantitative estimate of drug-likeness (QED) is 0.702. The van der Waals surface area contributed by atoms with E-state index in [1.165, 1.54) is 0 Å². The minimum absolute atomic E-state index is 0.447. The number of aryl methyl sites for hydroxylation is 2. The van der Waals surface area contributed by atoms with Gasteiger partial charge in [0.05, 0.1) is 6.20 Å². The van der Waals surface area contributed by atoms with Gasteiger partial charge in [-0.2, -0.15) is 0 Å². The maximum Gasteiger partial charge on any atom is 0.145 e. The number of aromatic nitrogens is 6. The van der Waals surface area contributed by atoms with Crippen LogP contribution in [0, 0.1) is 0 Å². The van der Waals surface area contributed by atoms with Crippen molar-refractivity contribution in [2.75, 3.05) is 0 Å². The molecule has 0 atom stereocenters. The van der Waals surface area contributed by atoms with E-state index in [2.05, 4.69) is 38.7 Å². The maximum absolute atomic E-state index is 4.40. The van der Waals surface area contributed by atoms with Crippen LogP contribution in [0.3, 0.4) is 0 Å². The van der Waals surface area contributed by atoms with Crippen LogP contribution in [0.25, 0.3) is 10.7 Å². The van der Waals surface area contributed by atoms with Crippen LogP contribution in [0.4, 0.5) is 0 Å². The highest BCUT2D eigenvalue weighted by atomic mass is 32.1. The molecule has 0 aliphatic carbocycles. The van der Waals surface area contributed by atoms with Crippen molar-refractivity contribution in [2.24, 2.45) is 0 Å². The van der Waals surface area contributed by atoms with Crippen LogP contribution in [0.2, 0.25) is 0 Å². The molecular weight excluding hydrogens is 284 g/mol. The second-order valence-electron chi connectivity index (χ2n) is 5.19. The lowest BCUT2D eigenvalue weighted by Crippen LogP contribution is -2.08. The van der Waals surface area contributed by atoms with E-state index >= 15 is 0 Å². The highest BCUT2D eigenvalue weighted by molar-refractivity contribution is 7.13. The molecule has 6 nitrogen and oxygen atoms in total. The van der Waals surface area contributed by atoms with Crippen LogP contribution in [0.5, 0.6) is 0 Å². The Morgan fingerprint density at radius 3 is 2.86 bits per heavy atom. The molecule has 0 fully saturated rings. The minimum Gasteiger partial charge on any atom is -0.335 e. The Kier molecular flexibility index (Phi) is 4.10. The van der Waals surface area contributed by atoms with Crippen molar-refractivity contribution in [3.8, 4) is 10.7 Å². The molecule has 0 spiro atoms. The van der Waals surface area contributed by atoms with Crippen molar-refractivity contribution >= 4 is 11.3 Å². The van der Waals surface area contributed by atoms with Gasteiger partial charge >= 0.3 is 0 Å². The van der Waals surface area contributed by atoms with Crippen molar-refractivity contribution in [2.45, 2.75) is 39.3 Å². The predicted molar refractivity (Wildman–Crippen MR) is 82.1 cm³/mol. The Labute approximate surface area is 127 Å². The Hall–Kier alpha value is -2.02. The van der Waals surface area contributed by atoms with E-state index in [1.54, 1.807) is 17.5 Å². The van der Waals surface area contributed by atoms with E-state index in [0.29, 0.717) is 5.92 Å². The molecule has 0 unspecified atom stereocenters. The van der Waals surface area contributed by atoms with Crippen LogP contribution in [-0.2, 0) is 13.1 Å². The lowest BCUT2D eigenvalue weighted by atomic mass is 10.2. The molecule has 0 aliphatic rings. The van der Waals surface area contributed by atoms with E-state index < -0.39 is 0 Å². The summed E-state index contributed by atoms with van der Waals surface area (Å²) in [5.74, 6) is 1.58. The van der Waals surface area contributed by atoms with Gasteiger partial charge in [0.1, 0.15) is 16.5 Å². The Bertz CT molecular complexity index is 682. The number of hydrogen-bond acceptors (Lipinski definition) is 5. The summed E-state index contributed by atoms with van der Waals surface area (Å²) in [6.45, 7) is 6.11. The second-order valence-corrected chi connectivity index (χ2v) is 6.09. The first kappa shape index (κ1) is 13.9. The largest absolute Gasteiger partial charge is 0.335 e. The molecule has 0 N–H and O–H groups in total. The standard InChI is InChI=1S/C14H18N6S/c1-11(2)13-15-4-8-19(13)6-3-7-20-10-12(17-18-20)14-16-5-9-21-14/h4-5,8-11H,3,6-7H2,1-2H3. The summed E-state index contributed by atoms with van der Waals surface area (Å²) in [6, 6.07) is 0. The van der Waals surface area contributed by atoms with E-state index in [0.717, 1.165) is 36.0 Å². The molecule has 21 heavy (non-hydrogen) atoms. The number of hydrogen-bond donors (Lipinski definition) is 0. The summed E-state index contributed by atoms with van der Waals surface area (Å²) in [6.07, 6.45) is 8.64. The molecule has 0 saturated carbocycles. The van der Waals surface area contributed by atoms with Gasteiger partial charge in [-0.1, -0.05) is 19.1 Å². The third kappa shape index (κ3) is 3.18. The Morgan fingerprint density at radius 2 is 2.10 bits per heavy atom. The fourth-order valence-corrected chi connectivity index (χ4v) is 2.86. The van der Waals surface area contributed by atoms with Gasteiger partial charge in [-0.3, -0.25) is 4.68 Å². The van der Waals surface area contributed by atoms with Crippen molar-refractivity contribution < 1.29 is 0 Å². The monoisotopic (exact) mass is 302 g/mol. The highest BCUT2D eigenvalue weighted by Gasteiger charge is 2.08. The zero-order valence-corrected chi connectivity index (χ0v) is 13.0. The van der Waals surface area contributed by atoms with Gasteiger partial charge in [0.15, 0.2) is 0 Å². The molecule has 110 valence electrons. The minimum atomic E-state index is 0.447. The summed E-state index contributed by atoms with van der Waals surface area (Å²) in [5.41, 5.74) is 0.843. The van der Waals surface area contributed by atoms with E-state index in [-0.39, 0.29) is 0 Å². The lowest BCUT2D eigenvalue weighted by molar-refractivity contribution is 0.501. The van der Waals surface area contributed by atoms with Crippen molar-refractivity contribution in [1.29, 1.82) is 0 Å². The van der Waals surface area contributed by atoms with Gasteiger partial charge in [-0.05, 0) is 6.42 Å². The third-order valence-electron chi connectivity index (χ3n) is 3.24. The molecule has 3 aromatic rings. The van der Waals surface area contributed by atoms with Crippen molar-refractivity contribution in [3.63, 3.8) is 0 Å². The van der Waals surface area contributed by atoms with Crippen LogP contribution < -0.4 is 0 Å². The van der Waals surface area contributed by atoms with Crippen LogP contribution >= 0.6 is 11.3 Å². The van der Waals surface area contributed by atoms with Gasteiger partial charge in [0.2, 0.25) is 0 Å². The summed E-state index contributed by atoms with van der Waals surface area (Å²) >= 11 is 1.58. The number of rotatable bonds is 6. The normalized spacial score (nSPS) is 11.4. The number of thiazole rings is 1. The zero-order valence-electron chi connectivity index (χ0n) is 12.2. The molecular formula is C14H18N6S. The molecule has 3 rings (SSSR count). The third-order valence-corrected chi connectivity index (χ3v) is 4.04. The molecule has 0 amide bonds. The SMILES string of the molecule is CC(C)c1nccn1CCCn1cc(-c2nccs2)nn1. The van der Waals surface area contributed by atoms with Crippen molar-refractivity contribution in [1.82, 2.24) is 29.5 Å². The molecule has 0 aliphatic heterocycles. The fourth-order valence-electron chi connectivity index (χ4n) is 2.27. The first-order valence-electron chi connectivity index (χ1n) is 7.05. The molecule has 3 aromatic heterocycles. The molecule has 3 heterocycles. The van der Waals surface area contributed by atoms with Gasteiger partial charge in [-0.15, -0.1) is 16.4 Å². The fraction of sp³-hybridized carbons (Fsp3) is 0.429. The van der Waals surface area contributed by atoms with Crippen LogP contribution in [0.15, 0.2) is 30.2 Å². The van der Waals surface area contributed by atoms with E-state index in [1.807, 2.05) is 28.7 Å². The Balaban J connectivity index is 1.57. The van der Waals surface area contributed by atoms with Gasteiger partial charge in [-0.25, -0.2) is 9.97 Å². The lowest BCUT2D eigenvalue weighted by Gasteiger charge is -2.09. The number of nitrogens with zero attached hydrogens (tertiary/aromatic N) is 6. The molecule has 0 aromatic carbocycles. The second kappa shape index (κ2) is 6.17. The molecule has 0 saturated heterocycles. The first-order chi connectivity index (χ1) is 10.2. The average Bonchev–Trinajstić information content (AvgIpc) is 3.20. The molecule has 0 radical (unpaired) electrons. The topological polar surface area (TPSA) is 61.4 Å². The molecule has 7 heteroatoms. The van der Waals surface area contributed by atoms with Gasteiger partial charge in [0.25, 0.3) is 0 Å². The van der Waals surface area contributed by atoms with Crippen LogP contribution in [0.1, 0.15) is 32.0 Å². The summed E-state index contributed by atoms with van der Waals surface area (Å²) in [7, 11) is 0.